The van der Waals surface area contributed by atoms with Gasteiger partial charge in [0.1, 0.15) is 9.79 Å². The second kappa shape index (κ2) is 8.79. The summed E-state index contributed by atoms with van der Waals surface area (Å²) in [6.45, 7) is 0. The molecule has 0 saturated heterocycles. The summed E-state index contributed by atoms with van der Waals surface area (Å²) < 4.78 is 69.5. The van der Waals surface area contributed by atoms with Crippen molar-refractivity contribution in [2.45, 2.75) is 9.79 Å². The fourth-order valence-electron chi connectivity index (χ4n) is 3.37. The van der Waals surface area contributed by atoms with E-state index in [1.54, 1.807) is 24.3 Å². The molecule has 11 nitrogen and oxygen atoms in total. The topological polar surface area (TPSA) is 230 Å². The maximum absolute atomic E-state index is 13.1. The molecular formula is C21H20N4O7S2. The van der Waals surface area contributed by atoms with Crippen molar-refractivity contribution in [1.82, 2.24) is 0 Å². The Bertz CT molecular complexity index is 1540. The number of hydrogen-bond donors (Lipinski definition) is 6. The maximum Gasteiger partial charge on any atom is 0.296 e. The SMILES string of the molecule is NC(=C(N)c1c(N)c(N)c(C(=O)c2ccccc2)c(S(=O)(=O)O)c1S(=O)(=O)O)c1ccccc1. The summed E-state index contributed by atoms with van der Waals surface area (Å²) in [4.78, 5) is 10.2. The van der Waals surface area contributed by atoms with E-state index in [4.69, 9.17) is 22.9 Å². The summed E-state index contributed by atoms with van der Waals surface area (Å²) in [5.74, 6) is -1.08. The molecule has 0 fully saturated rings. The third-order valence-electron chi connectivity index (χ3n) is 4.91. The van der Waals surface area contributed by atoms with Crippen LogP contribution in [-0.4, -0.2) is 31.7 Å². The van der Waals surface area contributed by atoms with Crippen LogP contribution in [0.2, 0.25) is 0 Å². The van der Waals surface area contributed by atoms with Crippen molar-refractivity contribution in [3.8, 4) is 0 Å². The van der Waals surface area contributed by atoms with Gasteiger partial charge in [-0.25, -0.2) is 0 Å². The number of nitrogens with two attached hydrogens (primary N) is 4. The van der Waals surface area contributed by atoms with Crippen LogP contribution in [0.25, 0.3) is 11.4 Å². The van der Waals surface area contributed by atoms with Gasteiger partial charge in [-0.1, -0.05) is 60.7 Å². The minimum atomic E-state index is -5.50. The van der Waals surface area contributed by atoms with Gasteiger partial charge in [-0.15, -0.1) is 0 Å². The van der Waals surface area contributed by atoms with Crippen molar-refractivity contribution in [1.29, 1.82) is 0 Å². The Labute approximate surface area is 195 Å². The highest BCUT2D eigenvalue weighted by Gasteiger charge is 2.38. The summed E-state index contributed by atoms with van der Waals surface area (Å²) in [6.07, 6.45) is 0. The van der Waals surface area contributed by atoms with E-state index < -0.39 is 64.0 Å². The fourth-order valence-corrected chi connectivity index (χ4v) is 5.61. The highest BCUT2D eigenvalue weighted by molar-refractivity contribution is 7.89. The molecule has 0 spiro atoms. The lowest BCUT2D eigenvalue weighted by Crippen LogP contribution is -2.23. The minimum Gasteiger partial charge on any atom is -0.397 e. The summed E-state index contributed by atoms with van der Waals surface area (Å²) >= 11 is 0. The van der Waals surface area contributed by atoms with Crippen LogP contribution in [0.15, 0.2) is 70.5 Å². The van der Waals surface area contributed by atoms with Gasteiger partial charge in [-0.2, -0.15) is 16.8 Å². The molecule has 0 aliphatic rings. The van der Waals surface area contributed by atoms with E-state index in [-0.39, 0.29) is 11.3 Å². The molecular weight excluding hydrogens is 484 g/mol. The van der Waals surface area contributed by atoms with E-state index >= 15 is 0 Å². The molecule has 0 heterocycles. The van der Waals surface area contributed by atoms with Crippen LogP contribution < -0.4 is 22.9 Å². The number of nitrogen functional groups attached to an aromatic ring is 2. The van der Waals surface area contributed by atoms with Crippen molar-refractivity contribution < 1.29 is 30.7 Å². The molecule has 0 radical (unpaired) electrons. The molecule has 0 aliphatic heterocycles. The number of benzene rings is 3. The van der Waals surface area contributed by atoms with Gasteiger partial charge in [0.2, 0.25) is 0 Å². The van der Waals surface area contributed by atoms with Crippen molar-refractivity contribution in [3.05, 3.63) is 82.9 Å². The summed E-state index contributed by atoms with van der Waals surface area (Å²) in [5, 5.41) is 0. The second-order valence-corrected chi connectivity index (χ2v) is 9.79. The second-order valence-electron chi connectivity index (χ2n) is 7.07. The molecule has 0 amide bonds. The van der Waals surface area contributed by atoms with Crippen molar-refractivity contribution in [2.75, 3.05) is 11.5 Å². The van der Waals surface area contributed by atoms with Gasteiger partial charge < -0.3 is 22.9 Å². The molecule has 34 heavy (non-hydrogen) atoms. The number of carbonyl (C=O) groups is 1. The fraction of sp³-hybridized carbons (Fsp3) is 0. The first-order chi connectivity index (χ1) is 15.8. The van der Waals surface area contributed by atoms with Crippen LogP contribution >= 0.6 is 0 Å². The zero-order chi connectivity index (χ0) is 25.4. The number of hydrogen-bond acceptors (Lipinski definition) is 9. The van der Waals surface area contributed by atoms with E-state index in [0.717, 1.165) is 0 Å². The highest BCUT2D eigenvalue weighted by Crippen LogP contribution is 2.42. The minimum absolute atomic E-state index is 0.0974. The third kappa shape index (κ3) is 4.45. The van der Waals surface area contributed by atoms with Gasteiger partial charge in [-0.3, -0.25) is 13.9 Å². The van der Waals surface area contributed by atoms with Crippen LogP contribution in [0.5, 0.6) is 0 Å². The Balaban J connectivity index is 2.57. The lowest BCUT2D eigenvalue weighted by molar-refractivity contribution is 0.103. The lowest BCUT2D eigenvalue weighted by atomic mass is 9.96. The van der Waals surface area contributed by atoms with E-state index in [1.165, 1.54) is 36.4 Å². The van der Waals surface area contributed by atoms with Crippen LogP contribution in [0, 0.1) is 0 Å². The average Bonchev–Trinajstić information content (AvgIpc) is 2.78. The molecule has 0 atom stereocenters. The molecule has 10 N–H and O–H groups in total. The number of rotatable bonds is 6. The highest BCUT2D eigenvalue weighted by atomic mass is 32.2. The Hall–Kier alpha value is -3.91. The van der Waals surface area contributed by atoms with Crippen LogP contribution in [0.4, 0.5) is 11.4 Å². The standard InChI is InChI=1S/C21H20N4O7S2/c22-15(11-7-3-1-4-8-11)16(23)13-17(24)18(25)14(19(26)12-9-5-2-6-10-12)21(34(30,31)32)20(13)33(27,28)29/h1-10H,22-25H2,(H,27,28,29)(H,30,31,32). The van der Waals surface area contributed by atoms with E-state index in [1.807, 2.05) is 0 Å². The predicted octanol–water partition coefficient (Wildman–Crippen LogP) is 1.32. The van der Waals surface area contributed by atoms with Gasteiger partial charge in [0.15, 0.2) is 5.78 Å². The zero-order valence-electron chi connectivity index (χ0n) is 17.3. The molecule has 0 aromatic heterocycles. The molecule has 0 aliphatic carbocycles. The Morgan fingerprint density at radius 2 is 1.00 bits per heavy atom. The van der Waals surface area contributed by atoms with Crippen LogP contribution in [-0.2, 0) is 20.2 Å². The largest absolute Gasteiger partial charge is 0.397 e. The average molecular weight is 505 g/mol. The number of ketones is 1. The first-order valence-electron chi connectivity index (χ1n) is 9.37. The van der Waals surface area contributed by atoms with E-state index in [0.29, 0.717) is 5.56 Å². The smallest absolute Gasteiger partial charge is 0.296 e. The normalized spacial score (nSPS) is 12.8. The molecule has 3 aromatic rings. The van der Waals surface area contributed by atoms with Crippen LogP contribution in [0.1, 0.15) is 27.0 Å². The first kappa shape index (κ1) is 24.7. The number of anilines is 2. The van der Waals surface area contributed by atoms with Crippen LogP contribution in [0.3, 0.4) is 0 Å². The molecule has 0 unspecified atom stereocenters. The molecule has 3 aromatic carbocycles. The third-order valence-corrected chi connectivity index (χ3v) is 6.89. The van der Waals surface area contributed by atoms with Gasteiger partial charge in [0, 0.05) is 11.1 Å². The first-order valence-corrected chi connectivity index (χ1v) is 12.3. The predicted molar refractivity (Wildman–Crippen MR) is 126 cm³/mol. The van der Waals surface area contributed by atoms with Gasteiger partial charge in [0.05, 0.1) is 28.3 Å². The quantitative estimate of drug-likeness (QED) is 0.121. The van der Waals surface area contributed by atoms with Gasteiger partial charge >= 0.3 is 0 Å². The summed E-state index contributed by atoms with van der Waals surface area (Å²) in [6, 6.07) is 15.0. The maximum atomic E-state index is 13.1. The molecule has 13 heteroatoms. The molecule has 0 saturated carbocycles. The lowest BCUT2D eigenvalue weighted by Gasteiger charge is -2.21. The van der Waals surface area contributed by atoms with Gasteiger partial charge in [-0.05, 0) is 5.56 Å². The van der Waals surface area contributed by atoms with E-state index in [2.05, 4.69) is 0 Å². The molecule has 0 bridgehead atoms. The monoisotopic (exact) mass is 504 g/mol. The van der Waals surface area contributed by atoms with Crippen molar-refractivity contribution in [3.63, 3.8) is 0 Å². The summed E-state index contributed by atoms with van der Waals surface area (Å²) in [7, 11) is -11.0. The van der Waals surface area contributed by atoms with Crippen molar-refractivity contribution >= 4 is 48.8 Å². The van der Waals surface area contributed by atoms with Crippen molar-refractivity contribution in [2.24, 2.45) is 11.5 Å². The Morgan fingerprint density at radius 1 is 0.618 bits per heavy atom. The number of carbonyl (C=O) groups excluding carboxylic acids is 1. The summed E-state index contributed by atoms with van der Waals surface area (Å²) in [5.41, 5.74) is 20.5. The molecule has 3 rings (SSSR count). The van der Waals surface area contributed by atoms with E-state index in [9.17, 15) is 30.7 Å². The molecule has 178 valence electrons. The Kier molecular flexibility index (Phi) is 6.40. The zero-order valence-corrected chi connectivity index (χ0v) is 19.0. The van der Waals surface area contributed by atoms with Gasteiger partial charge in [0.25, 0.3) is 20.2 Å². The Morgan fingerprint density at radius 3 is 1.44 bits per heavy atom.